The maximum Gasteiger partial charge on any atom is 0.321 e. The van der Waals surface area contributed by atoms with Gasteiger partial charge in [-0.1, -0.05) is 0 Å². The van der Waals surface area contributed by atoms with E-state index in [2.05, 4.69) is 5.32 Å². The fourth-order valence-electron chi connectivity index (χ4n) is 2.06. The van der Waals surface area contributed by atoms with Gasteiger partial charge < -0.3 is 5.32 Å². The van der Waals surface area contributed by atoms with E-state index in [0.717, 1.165) is 27.1 Å². The molecule has 1 aliphatic heterocycles. The first-order chi connectivity index (χ1) is 8.16. The molecule has 1 aromatic heterocycles. The molecular weight excluding hydrogens is 239 g/mol. The van der Waals surface area contributed by atoms with Gasteiger partial charge in [0.1, 0.15) is 0 Å². The Balaban J connectivity index is 2.12. The van der Waals surface area contributed by atoms with Crippen LogP contribution in [0.25, 0.3) is 10.1 Å². The van der Waals surface area contributed by atoms with E-state index < -0.39 is 0 Å². The maximum atomic E-state index is 13.4. The summed E-state index contributed by atoms with van der Waals surface area (Å²) in [5.74, 6) is 0. The lowest BCUT2D eigenvalue weighted by Gasteiger charge is -2.14. The van der Waals surface area contributed by atoms with Gasteiger partial charge in [0, 0.05) is 34.4 Å². The van der Waals surface area contributed by atoms with Gasteiger partial charge in [0.05, 0.1) is 0 Å². The number of hydrogen-bond donors (Lipinski definition) is 1. The summed E-state index contributed by atoms with van der Waals surface area (Å²) in [5, 5.41) is 3.49. The summed E-state index contributed by atoms with van der Waals surface area (Å²) < 4.78 is 14.4. The van der Waals surface area contributed by atoms with Crippen molar-refractivity contribution in [2.24, 2.45) is 0 Å². The van der Waals surface area contributed by atoms with Crippen LogP contribution in [0.15, 0.2) is 18.2 Å². The largest absolute Gasteiger partial charge is 0.336 e. The van der Waals surface area contributed by atoms with Crippen LogP contribution in [-0.2, 0) is 0 Å². The van der Waals surface area contributed by atoms with Crippen molar-refractivity contribution in [1.82, 2.24) is 5.32 Å². The number of nitrogens with zero attached hydrogens (tertiary/aromatic N) is 1. The van der Waals surface area contributed by atoms with Crippen molar-refractivity contribution in [2.45, 2.75) is 6.92 Å². The fraction of sp³-hybridized carbons (Fsp3) is 0.250. The Morgan fingerprint density at radius 1 is 1.47 bits per heavy atom. The number of urea groups is 1. The SMILES string of the molecule is Cc1c(F)sc2ccc(N3CCNC3=O)cc12. The van der Waals surface area contributed by atoms with E-state index in [0.29, 0.717) is 18.7 Å². The molecule has 3 rings (SSSR count). The first-order valence-corrected chi connectivity index (χ1v) is 6.22. The number of nitrogens with one attached hydrogen (secondary N) is 1. The molecule has 1 N–H and O–H groups in total. The number of halogens is 1. The lowest BCUT2D eigenvalue weighted by Crippen LogP contribution is -2.27. The standard InChI is InChI=1S/C12H11FN2OS/c1-7-9-6-8(15-5-4-14-12(15)16)2-3-10(9)17-11(7)13/h2-3,6H,4-5H2,1H3,(H,14,16). The Bertz CT molecular complexity index is 608. The molecule has 5 heteroatoms. The summed E-state index contributed by atoms with van der Waals surface area (Å²) in [4.78, 5) is 13.2. The van der Waals surface area contributed by atoms with Gasteiger partial charge in [0.15, 0.2) is 5.13 Å². The highest BCUT2D eigenvalue weighted by atomic mass is 32.1. The Labute approximate surface area is 102 Å². The number of benzene rings is 1. The third kappa shape index (κ3) is 1.58. The quantitative estimate of drug-likeness (QED) is 0.829. The smallest absolute Gasteiger partial charge is 0.321 e. The third-order valence-electron chi connectivity index (χ3n) is 3.03. The second kappa shape index (κ2) is 3.70. The Morgan fingerprint density at radius 2 is 2.29 bits per heavy atom. The number of rotatable bonds is 1. The van der Waals surface area contributed by atoms with E-state index in [1.165, 1.54) is 0 Å². The molecule has 0 atom stereocenters. The topological polar surface area (TPSA) is 32.3 Å². The Morgan fingerprint density at radius 3 is 3.00 bits per heavy atom. The normalized spacial score (nSPS) is 15.6. The maximum absolute atomic E-state index is 13.4. The van der Waals surface area contributed by atoms with Gasteiger partial charge in [-0.2, -0.15) is 4.39 Å². The van der Waals surface area contributed by atoms with Gasteiger partial charge in [-0.3, -0.25) is 4.90 Å². The number of thiophene rings is 1. The number of amides is 2. The number of carbonyl (C=O) groups excluding carboxylic acids is 1. The number of hydrogen-bond acceptors (Lipinski definition) is 2. The molecule has 0 bridgehead atoms. The predicted octanol–water partition coefficient (Wildman–Crippen LogP) is 2.88. The highest BCUT2D eigenvalue weighted by molar-refractivity contribution is 7.17. The molecule has 0 saturated carbocycles. The molecule has 88 valence electrons. The first kappa shape index (κ1) is 10.5. The zero-order valence-electron chi connectivity index (χ0n) is 9.29. The van der Waals surface area contributed by atoms with E-state index in [9.17, 15) is 9.18 Å². The summed E-state index contributed by atoms with van der Waals surface area (Å²) in [5.41, 5.74) is 1.49. The summed E-state index contributed by atoms with van der Waals surface area (Å²) in [6, 6.07) is 5.53. The predicted molar refractivity (Wildman–Crippen MR) is 67.3 cm³/mol. The Kier molecular flexibility index (Phi) is 2.29. The van der Waals surface area contributed by atoms with Crippen molar-refractivity contribution < 1.29 is 9.18 Å². The lowest BCUT2D eigenvalue weighted by atomic mass is 10.1. The number of aryl methyl sites for hydroxylation is 1. The highest BCUT2D eigenvalue weighted by Crippen LogP contribution is 2.32. The molecule has 2 aromatic rings. The third-order valence-corrected chi connectivity index (χ3v) is 4.09. The monoisotopic (exact) mass is 250 g/mol. The average molecular weight is 250 g/mol. The van der Waals surface area contributed by atoms with Crippen LogP contribution >= 0.6 is 11.3 Å². The van der Waals surface area contributed by atoms with Crippen LogP contribution in [-0.4, -0.2) is 19.1 Å². The molecule has 1 aliphatic rings. The second-order valence-corrected chi connectivity index (χ2v) is 5.07. The van der Waals surface area contributed by atoms with Crippen LogP contribution < -0.4 is 10.2 Å². The highest BCUT2D eigenvalue weighted by Gasteiger charge is 2.21. The molecule has 1 aromatic carbocycles. The number of anilines is 1. The van der Waals surface area contributed by atoms with Crippen LogP contribution in [0.5, 0.6) is 0 Å². The van der Waals surface area contributed by atoms with Crippen LogP contribution in [0.2, 0.25) is 0 Å². The van der Waals surface area contributed by atoms with Gasteiger partial charge in [-0.05, 0) is 25.1 Å². The molecule has 17 heavy (non-hydrogen) atoms. The van der Waals surface area contributed by atoms with E-state index in [-0.39, 0.29) is 11.2 Å². The van der Waals surface area contributed by atoms with Gasteiger partial charge in [-0.25, -0.2) is 4.79 Å². The van der Waals surface area contributed by atoms with Crippen molar-refractivity contribution in [3.05, 3.63) is 28.9 Å². The van der Waals surface area contributed by atoms with E-state index in [1.54, 1.807) is 11.8 Å². The molecule has 0 aliphatic carbocycles. The van der Waals surface area contributed by atoms with Crippen LogP contribution in [0.1, 0.15) is 5.56 Å². The van der Waals surface area contributed by atoms with Crippen molar-refractivity contribution in [3.8, 4) is 0 Å². The van der Waals surface area contributed by atoms with Crippen molar-refractivity contribution in [2.75, 3.05) is 18.0 Å². The summed E-state index contributed by atoms with van der Waals surface area (Å²) >= 11 is 1.15. The number of carbonyl (C=O) groups is 1. The van der Waals surface area contributed by atoms with Gasteiger partial charge in [0.2, 0.25) is 0 Å². The molecule has 2 amide bonds. The molecule has 2 heterocycles. The minimum absolute atomic E-state index is 0.0855. The van der Waals surface area contributed by atoms with Crippen LogP contribution in [0.4, 0.5) is 14.9 Å². The van der Waals surface area contributed by atoms with Gasteiger partial charge >= 0.3 is 6.03 Å². The van der Waals surface area contributed by atoms with Gasteiger partial charge in [0.25, 0.3) is 0 Å². The van der Waals surface area contributed by atoms with Crippen molar-refractivity contribution in [1.29, 1.82) is 0 Å². The summed E-state index contributed by atoms with van der Waals surface area (Å²) in [6.45, 7) is 3.09. The zero-order valence-corrected chi connectivity index (χ0v) is 10.1. The minimum atomic E-state index is -0.150. The number of fused-ring (bicyclic) bond motifs is 1. The van der Waals surface area contributed by atoms with E-state index in [1.807, 2.05) is 18.2 Å². The molecule has 0 unspecified atom stereocenters. The van der Waals surface area contributed by atoms with Crippen LogP contribution in [0.3, 0.4) is 0 Å². The Hall–Kier alpha value is -1.62. The second-order valence-electron chi connectivity index (χ2n) is 4.06. The van der Waals surface area contributed by atoms with Crippen molar-refractivity contribution >= 4 is 33.1 Å². The molecule has 0 radical (unpaired) electrons. The zero-order chi connectivity index (χ0) is 12.0. The van der Waals surface area contributed by atoms with Crippen molar-refractivity contribution in [3.63, 3.8) is 0 Å². The fourth-order valence-corrected chi connectivity index (χ4v) is 2.98. The lowest BCUT2D eigenvalue weighted by molar-refractivity contribution is 0.252. The minimum Gasteiger partial charge on any atom is -0.336 e. The first-order valence-electron chi connectivity index (χ1n) is 5.41. The average Bonchev–Trinajstić information content (AvgIpc) is 2.85. The molecular formula is C12H11FN2OS. The summed E-state index contributed by atoms with van der Waals surface area (Å²) in [7, 11) is 0. The molecule has 3 nitrogen and oxygen atoms in total. The molecule has 1 fully saturated rings. The summed E-state index contributed by atoms with van der Waals surface area (Å²) in [6.07, 6.45) is 0. The molecule has 1 saturated heterocycles. The molecule has 0 spiro atoms. The van der Waals surface area contributed by atoms with Crippen LogP contribution in [0, 0.1) is 12.1 Å². The van der Waals surface area contributed by atoms with E-state index >= 15 is 0 Å². The van der Waals surface area contributed by atoms with E-state index in [4.69, 9.17) is 0 Å². The van der Waals surface area contributed by atoms with Gasteiger partial charge in [-0.15, -0.1) is 11.3 Å².